The topological polar surface area (TPSA) is 26.3 Å². The molecule has 3 atom stereocenters. The average Bonchev–Trinajstić information content (AvgIpc) is 1.87. The van der Waals surface area contributed by atoms with Crippen LogP contribution in [0.1, 0.15) is 19.8 Å². The maximum atomic E-state index is 10.7. The van der Waals surface area contributed by atoms with Crippen molar-refractivity contribution in [2.45, 2.75) is 24.7 Å². The van der Waals surface area contributed by atoms with Gasteiger partial charge in [-0.05, 0) is 6.42 Å². The SMILES string of the molecule is CCC(P)(P)CC(=O)OP.[KH]. The quantitative estimate of drug-likeness (QED) is 0.540. The Hall–Kier alpha value is 2.40. The van der Waals surface area contributed by atoms with Gasteiger partial charge in [0.25, 0.3) is 0 Å². The number of rotatable bonds is 3. The van der Waals surface area contributed by atoms with E-state index in [1.165, 1.54) is 0 Å². The molecule has 0 saturated heterocycles. The van der Waals surface area contributed by atoms with Gasteiger partial charge in [0.05, 0.1) is 15.9 Å². The summed E-state index contributed by atoms with van der Waals surface area (Å²) in [6, 6.07) is 0. The predicted octanol–water partition coefficient (Wildman–Crippen LogP) is 0.918. The van der Waals surface area contributed by atoms with Gasteiger partial charge in [-0.25, -0.2) is 0 Å². The predicted molar refractivity (Wildman–Crippen MR) is 60.0 cm³/mol. The van der Waals surface area contributed by atoms with Crippen molar-refractivity contribution in [3.63, 3.8) is 0 Å². The maximum absolute atomic E-state index is 10.7. The van der Waals surface area contributed by atoms with Crippen LogP contribution in [0.15, 0.2) is 0 Å². The first-order valence-electron chi connectivity index (χ1n) is 2.99. The summed E-state index contributed by atoms with van der Waals surface area (Å²) in [4.78, 5) is 10.6. The fraction of sp³-hybridized carbons (Fsp3) is 0.800. The zero-order chi connectivity index (χ0) is 8.20. The summed E-state index contributed by atoms with van der Waals surface area (Å²) in [5.74, 6) is -0.197. The fourth-order valence-electron chi connectivity index (χ4n) is 0.435. The molecule has 0 fully saturated rings. The molecule has 11 heavy (non-hydrogen) atoms. The monoisotopic (exact) mass is 238 g/mol. The molecule has 0 heterocycles. The Balaban J connectivity index is 0. The molecule has 6 heteroatoms. The van der Waals surface area contributed by atoms with E-state index in [0.29, 0.717) is 6.42 Å². The Morgan fingerprint density at radius 2 is 2.00 bits per heavy atom. The van der Waals surface area contributed by atoms with Gasteiger partial charge in [0.15, 0.2) is 0 Å². The Morgan fingerprint density at radius 3 is 2.27 bits per heavy atom. The summed E-state index contributed by atoms with van der Waals surface area (Å²) in [6.45, 7) is 2.02. The van der Waals surface area contributed by atoms with Crippen LogP contribution < -0.4 is 0 Å². The van der Waals surface area contributed by atoms with Crippen molar-refractivity contribution in [2.24, 2.45) is 0 Å². The van der Waals surface area contributed by atoms with Crippen molar-refractivity contribution < 1.29 is 9.32 Å². The van der Waals surface area contributed by atoms with Crippen LogP contribution >= 0.6 is 27.9 Å². The normalized spacial score (nSPS) is 10.2. The molecule has 0 bridgehead atoms. The van der Waals surface area contributed by atoms with Gasteiger partial charge < -0.3 is 4.52 Å². The van der Waals surface area contributed by atoms with Crippen molar-refractivity contribution in [1.82, 2.24) is 0 Å². The number of carbonyl (C=O) groups excluding carboxylic acids is 1. The van der Waals surface area contributed by atoms with Crippen LogP contribution in [0.25, 0.3) is 0 Å². The molecule has 0 rings (SSSR count). The molecule has 62 valence electrons. The molecular formula is C5H14KO2P3. The van der Waals surface area contributed by atoms with E-state index in [9.17, 15) is 4.79 Å². The van der Waals surface area contributed by atoms with E-state index in [1.807, 2.05) is 16.4 Å². The van der Waals surface area contributed by atoms with Gasteiger partial charge in [0.2, 0.25) is 0 Å². The Kier molecular flexibility index (Phi) is 11.2. The molecule has 0 N–H and O–H groups in total. The van der Waals surface area contributed by atoms with E-state index < -0.39 is 0 Å². The van der Waals surface area contributed by atoms with Gasteiger partial charge in [-0.3, -0.25) is 4.79 Å². The second kappa shape index (κ2) is 7.77. The second-order valence-corrected chi connectivity index (χ2v) is 5.46. The zero-order valence-electron chi connectivity index (χ0n) is 5.96. The van der Waals surface area contributed by atoms with Gasteiger partial charge in [0, 0.05) is 4.90 Å². The molecule has 0 aromatic rings. The molecule has 0 saturated carbocycles. The summed E-state index contributed by atoms with van der Waals surface area (Å²) in [5.41, 5.74) is 0. The van der Waals surface area contributed by atoms with Crippen molar-refractivity contribution in [3.8, 4) is 0 Å². The molecule has 0 aliphatic heterocycles. The summed E-state index contributed by atoms with van der Waals surface area (Å²) < 4.78 is 4.44. The van der Waals surface area contributed by atoms with Gasteiger partial charge in [-0.15, -0.1) is 18.5 Å². The average molecular weight is 238 g/mol. The standard InChI is InChI=1S/C5H13O2P3.K.H/c1-2-5(8,9)3-4(6)7-10;;/h2-3,8-10H2,1H3;;. The van der Waals surface area contributed by atoms with Crippen molar-refractivity contribution >= 4 is 85.3 Å². The first-order valence-corrected chi connectivity index (χ1v) is 4.62. The third-order valence-corrected chi connectivity index (χ3v) is 2.75. The van der Waals surface area contributed by atoms with Gasteiger partial charge >= 0.3 is 57.4 Å². The van der Waals surface area contributed by atoms with Crippen LogP contribution in [-0.4, -0.2) is 62.3 Å². The van der Waals surface area contributed by atoms with Gasteiger partial charge in [-0.1, -0.05) is 6.92 Å². The molecule has 0 radical (unpaired) electrons. The van der Waals surface area contributed by atoms with E-state index in [0.717, 1.165) is 6.42 Å². The van der Waals surface area contributed by atoms with E-state index >= 15 is 0 Å². The van der Waals surface area contributed by atoms with Crippen LogP contribution in [0.3, 0.4) is 0 Å². The van der Waals surface area contributed by atoms with Gasteiger partial charge in [-0.2, -0.15) is 0 Å². The third kappa shape index (κ3) is 8.72. The van der Waals surface area contributed by atoms with Crippen molar-refractivity contribution in [1.29, 1.82) is 0 Å². The molecule has 0 aromatic carbocycles. The third-order valence-electron chi connectivity index (χ3n) is 1.26. The summed E-state index contributed by atoms with van der Waals surface area (Å²) in [7, 11) is 7.19. The number of carbonyl (C=O) groups is 1. The van der Waals surface area contributed by atoms with Crippen molar-refractivity contribution in [2.75, 3.05) is 0 Å². The summed E-state index contributed by atoms with van der Waals surface area (Å²) in [5, 5.41) is 0. The minimum absolute atomic E-state index is 0. The van der Waals surface area contributed by atoms with E-state index in [-0.39, 0.29) is 62.3 Å². The molecule has 0 aliphatic carbocycles. The Morgan fingerprint density at radius 1 is 1.55 bits per heavy atom. The van der Waals surface area contributed by atoms with Crippen molar-refractivity contribution in [3.05, 3.63) is 0 Å². The first-order chi connectivity index (χ1) is 4.52. The zero-order valence-corrected chi connectivity index (χ0v) is 9.43. The Labute approximate surface area is 117 Å². The van der Waals surface area contributed by atoms with Crippen LogP contribution in [0.4, 0.5) is 0 Å². The van der Waals surface area contributed by atoms with E-state index in [1.54, 1.807) is 0 Å². The molecular weight excluding hydrogens is 224 g/mol. The van der Waals surface area contributed by atoms with Gasteiger partial charge in [0.1, 0.15) is 0 Å². The summed E-state index contributed by atoms with van der Waals surface area (Å²) >= 11 is 0. The molecule has 3 unspecified atom stereocenters. The Bertz CT molecular complexity index is 129. The fourth-order valence-corrected chi connectivity index (χ4v) is 0.852. The van der Waals surface area contributed by atoms with E-state index in [4.69, 9.17) is 0 Å². The molecule has 0 amide bonds. The number of hydrogen-bond donors (Lipinski definition) is 0. The molecule has 0 spiro atoms. The van der Waals surface area contributed by atoms with Crippen LogP contribution in [0, 0.1) is 0 Å². The molecule has 0 aromatic heterocycles. The minimum atomic E-state index is -0.197. The first kappa shape index (κ1) is 15.9. The molecule has 0 aliphatic rings. The number of hydrogen-bond acceptors (Lipinski definition) is 2. The summed E-state index contributed by atoms with van der Waals surface area (Å²) in [6.07, 6.45) is 1.34. The van der Waals surface area contributed by atoms with Crippen LogP contribution in [0.5, 0.6) is 0 Å². The van der Waals surface area contributed by atoms with Crippen LogP contribution in [0.2, 0.25) is 0 Å². The van der Waals surface area contributed by atoms with E-state index in [2.05, 4.69) is 23.0 Å². The molecule has 2 nitrogen and oxygen atoms in total. The van der Waals surface area contributed by atoms with Crippen LogP contribution in [-0.2, 0) is 9.32 Å². The second-order valence-electron chi connectivity index (χ2n) is 2.25.